The molecule has 0 aromatic rings. The summed E-state index contributed by atoms with van der Waals surface area (Å²) >= 11 is 0. The largest absolute Gasteiger partial charge is 0.396 e. The Kier molecular flexibility index (Phi) is 6.58. The molecule has 150 valence electrons. The molecule has 5 nitrogen and oxygen atoms in total. The topological polar surface area (TPSA) is 58.6 Å². The lowest BCUT2D eigenvalue weighted by Crippen LogP contribution is -2.56. The fraction of sp³-hybridized carbons (Fsp3) is 0.889. The highest BCUT2D eigenvalue weighted by molar-refractivity contribution is 5.88. The lowest BCUT2D eigenvalue weighted by atomic mass is 10.0. The predicted molar refractivity (Wildman–Crippen MR) is 90.3 cm³/mol. The molecule has 26 heavy (non-hydrogen) atoms. The number of halogens is 3. The van der Waals surface area contributed by atoms with Crippen LogP contribution in [0.25, 0.3) is 0 Å². The van der Waals surface area contributed by atoms with Gasteiger partial charge in [-0.3, -0.25) is 9.59 Å². The van der Waals surface area contributed by atoms with E-state index in [1.807, 2.05) is 0 Å². The average Bonchev–Trinajstić information content (AvgIpc) is 3.38. The Morgan fingerprint density at radius 3 is 2.15 bits per heavy atom. The number of hydrogen-bond donors (Lipinski definition) is 1. The minimum Gasteiger partial charge on any atom is -0.375 e. The molecule has 1 N–H and O–H groups in total. The Balaban J connectivity index is 2.04. The Hall–Kier alpha value is -1.31. The standard InChI is InChI=1S/C18H29F3N2O3/c1-12(2)15(24)22-14(16(25)23-9-5-4-6-10-23)13(3)26-11-17(7-8-17)18(19,20)21/h12-14H,4-11H2,1-3H3,(H,22,24). The van der Waals surface area contributed by atoms with Crippen LogP contribution >= 0.6 is 0 Å². The summed E-state index contributed by atoms with van der Waals surface area (Å²) < 4.78 is 44.7. The van der Waals surface area contributed by atoms with Crippen LogP contribution in [0.15, 0.2) is 0 Å². The maximum Gasteiger partial charge on any atom is 0.396 e. The fourth-order valence-electron chi connectivity index (χ4n) is 3.06. The number of amides is 2. The molecule has 1 heterocycles. The molecule has 2 rings (SSSR count). The average molecular weight is 378 g/mol. The number of hydrogen-bond acceptors (Lipinski definition) is 3. The molecule has 0 aromatic carbocycles. The molecule has 1 saturated heterocycles. The number of ether oxygens (including phenoxy) is 1. The van der Waals surface area contributed by atoms with Crippen molar-refractivity contribution in [3.8, 4) is 0 Å². The van der Waals surface area contributed by atoms with Gasteiger partial charge in [-0.1, -0.05) is 13.8 Å². The summed E-state index contributed by atoms with van der Waals surface area (Å²) in [5, 5.41) is 2.67. The van der Waals surface area contributed by atoms with Gasteiger partial charge in [0.1, 0.15) is 6.04 Å². The van der Waals surface area contributed by atoms with E-state index in [1.165, 1.54) is 0 Å². The minimum atomic E-state index is -4.31. The molecule has 2 aliphatic rings. The van der Waals surface area contributed by atoms with Gasteiger partial charge >= 0.3 is 6.18 Å². The summed E-state index contributed by atoms with van der Waals surface area (Å²) in [7, 11) is 0. The molecule has 2 fully saturated rings. The van der Waals surface area contributed by atoms with Crippen LogP contribution < -0.4 is 5.32 Å². The third-order valence-electron chi connectivity index (χ3n) is 5.30. The molecule has 8 heteroatoms. The summed E-state index contributed by atoms with van der Waals surface area (Å²) in [5.41, 5.74) is -1.79. The van der Waals surface area contributed by atoms with Gasteiger partial charge in [-0.25, -0.2) is 0 Å². The van der Waals surface area contributed by atoms with Crippen molar-refractivity contribution in [3.63, 3.8) is 0 Å². The molecule has 2 unspecified atom stereocenters. The quantitative estimate of drug-likeness (QED) is 0.741. The molecule has 1 aliphatic heterocycles. The van der Waals surface area contributed by atoms with Crippen molar-refractivity contribution in [2.24, 2.45) is 11.3 Å². The van der Waals surface area contributed by atoms with Crippen molar-refractivity contribution in [2.45, 2.75) is 71.2 Å². The molecular weight excluding hydrogens is 349 g/mol. The lowest BCUT2D eigenvalue weighted by molar-refractivity contribution is -0.206. The zero-order valence-electron chi connectivity index (χ0n) is 15.7. The number of likely N-dealkylation sites (tertiary alicyclic amines) is 1. The number of carbonyl (C=O) groups excluding carboxylic acids is 2. The van der Waals surface area contributed by atoms with Crippen LogP contribution in [0.3, 0.4) is 0 Å². The van der Waals surface area contributed by atoms with Crippen LogP contribution in [0.1, 0.15) is 52.9 Å². The number of alkyl halides is 3. The molecule has 1 saturated carbocycles. The molecule has 2 atom stereocenters. The van der Waals surface area contributed by atoms with Gasteiger partial charge in [0.25, 0.3) is 0 Å². The van der Waals surface area contributed by atoms with Crippen LogP contribution in [0, 0.1) is 11.3 Å². The van der Waals surface area contributed by atoms with Gasteiger partial charge in [0.15, 0.2) is 0 Å². The smallest absolute Gasteiger partial charge is 0.375 e. The fourth-order valence-corrected chi connectivity index (χ4v) is 3.06. The van der Waals surface area contributed by atoms with Crippen molar-refractivity contribution in [2.75, 3.05) is 19.7 Å². The summed E-state index contributed by atoms with van der Waals surface area (Å²) in [6.07, 6.45) is -2.20. The van der Waals surface area contributed by atoms with E-state index in [-0.39, 0.29) is 30.6 Å². The van der Waals surface area contributed by atoms with E-state index in [9.17, 15) is 22.8 Å². The third-order valence-corrected chi connectivity index (χ3v) is 5.30. The van der Waals surface area contributed by atoms with Gasteiger partial charge in [0, 0.05) is 19.0 Å². The summed E-state index contributed by atoms with van der Waals surface area (Å²) in [6, 6.07) is -0.966. The third kappa shape index (κ3) is 4.90. The van der Waals surface area contributed by atoms with Crippen molar-refractivity contribution < 1.29 is 27.5 Å². The van der Waals surface area contributed by atoms with E-state index in [4.69, 9.17) is 4.74 Å². The summed E-state index contributed by atoms with van der Waals surface area (Å²) in [5.74, 6) is -0.917. The molecule has 2 amide bonds. The first-order chi connectivity index (χ1) is 12.1. The first-order valence-corrected chi connectivity index (χ1v) is 9.35. The van der Waals surface area contributed by atoms with Crippen molar-refractivity contribution in [1.82, 2.24) is 10.2 Å². The first kappa shape index (κ1) is 21.0. The monoisotopic (exact) mass is 378 g/mol. The zero-order chi connectivity index (χ0) is 19.5. The van der Waals surface area contributed by atoms with Gasteiger partial charge in [-0.15, -0.1) is 0 Å². The van der Waals surface area contributed by atoms with Crippen molar-refractivity contribution in [1.29, 1.82) is 0 Å². The second-order valence-corrected chi connectivity index (χ2v) is 7.82. The Morgan fingerprint density at radius 2 is 1.69 bits per heavy atom. The van der Waals surface area contributed by atoms with Crippen LogP contribution in [0.5, 0.6) is 0 Å². The van der Waals surface area contributed by atoms with Crippen LogP contribution in [0.4, 0.5) is 13.2 Å². The van der Waals surface area contributed by atoms with E-state index in [2.05, 4.69) is 5.32 Å². The maximum atomic E-state index is 13.1. The highest BCUT2D eigenvalue weighted by Gasteiger charge is 2.63. The van der Waals surface area contributed by atoms with Crippen LogP contribution in [-0.4, -0.2) is 54.7 Å². The van der Waals surface area contributed by atoms with Gasteiger partial charge in [-0.2, -0.15) is 13.2 Å². The van der Waals surface area contributed by atoms with E-state index < -0.39 is 30.3 Å². The van der Waals surface area contributed by atoms with Gasteiger partial charge < -0.3 is 15.0 Å². The molecular formula is C18H29F3N2O3. The van der Waals surface area contributed by atoms with E-state index >= 15 is 0 Å². The molecule has 1 aliphatic carbocycles. The first-order valence-electron chi connectivity index (χ1n) is 9.35. The number of carbonyl (C=O) groups is 2. The highest BCUT2D eigenvalue weighted by Crippen LogP contribution is 2.57. The lowest BCUT2D eigenvalue weighted by Gasteiger charge is -2.34. The van der Waals surface area contributed by atoms with Crippen LogP contribution in [0.2, 0.25) is 0 Å². The Labute approximate surface area is 152 Å². The summed E-state index contributed by atoms with van der Waals surface area (Å²) in [6.45, 7) is 5.69. The highest BCUT2D eigenvalue weighted by atomic mass is 19.4. The molecule has 0 aromatic heterocycles. The van der Waals surface area contributed by atoms with Crippen LogP contribution in [-0.2, 0) is 14.3 Å². The minimum absolute atomic E-state index is 0.0479. The second-order valence-electron chi connectivity index (χ2n) is 7.82. The van der Waals surface area contributed by atoms with E-state index in [0.717, 1.165) is 19.3 Å². The number of nitrogens with zero attached hydrogens (tertiary/aromatic N) is 1. The van der Waals surface area contributed by atoms with Gasteiger partial charge in [-0.05, 0) is 39.0 Å². The van der Waals surface area contributed by atoms with E-state index in [0.29, 0.717) is 13.1 Å². The predicted octanol–water partition coefficient (Wildman–Crippen LogP) is 2.89. The number of piperidine rings is 1. The second kappa shape index (κ2) is 8.15. The molecule has 0 spiro atoms. The molecule has 0 bridgehead atoms. The number of rotatable bonds is 7. The molecule has 0 radical (unpaired) electrons. The van der Waals surface area contributed by atoms with E-state index in [1.54, 1.807) is 25.7 Å². The van der Waals surface area contributed by atoms with Gasteiger partial charge in [0.05, 0.1) is 18.1 Å². The van der Waals surface area contributed by atoms with Gasteiger partial charge in [0.2, 0.25) is 11.8 Å². The van der Waals surface area contributed by atoms with Crippen molar-refractivity contribution in [3.05, 3.63) is 0 Å². The normalized spacial score (nSPS) is 22.0. The van der Waals surface area contributed by atoms with Crippen molar-refractivity contribution >= 4 is 11.8 Å². The SMILES string of the molecule is CC(C)C(=O)NC(C(=O)N1CCCCC1)C(C)OCC1(C(F)(F)F)CC1. The maximum absolute atomic E-state index is 13.1. The Morgan fingerprint density at radius 1 is 1.12 bits per heavy atom. The zero-order valence-corrected chi connectivity index (χ0v) is 15.7. The Bertz CT molecular complexity index is 512. The number of nitrogens with one attached hydrogen (secondary N) is 1. The summed E-state index contributed by atoms with van der Waals surface area (Å²) in [4.78, 5) is 26.6.